The van der Waals surface area contributed by atoms with Crippen LogP contribution in [0.1, 0.15) is 37.0 Å². The van der Waals surface area contributed by atoms with E-state index in [-0.39, 0.29) is 5.41 Å². The molecule has 0 aromatic carbocycles. The molecule has 3 fully saturated rings. The first-order valence-electron chi connectivity index (χ1n) is 10.5. The molecule has 4 rings (SSSR count). The molecule has 1 N–H and O–H groups in total. The molecule has 1 spiro atoms. The number of imidazole rings is 1. The molecule has 0 bridgehead atoms. The minimum atomic E-state index is -0.150. The number of ether oxygens (including phenoxy) is 1. The third-order valence-corrected chi connectivity index (χ3v) is 6.57. The van der Waals surface area contributed by atoms with Crippen molar-refractivity contribution in [2.45, 2.75) is 39.7 Å². The number of H-pyrrole nitrogens is 1. The highest BCUT2D eigenvalue weighted by Gasteiger charge is 2.50. The Balaban J connectivity index is 1.31. The second-order valence-electron chi connectivity index (χ2n) is 8.35. The van der Waals surface area contributed by atoms with Crippen molar-refractivity contribution < 1.29 is 9.53 Å². The number of hydrogen-bond acceptors (Lipinski definition) is 5. The second kappa shape index (κ2) is 7.89. The van der Waals surface area contributed by atoms with E-state index in [2.05, 4.69) is 33.5 Å². The van der Waals surface area contributed by atoms with Gasteiger partial charge in [-0.2, -0.15) is 0 Å². The van der Waals surface area contributed by atoms with Crippen molar-refractivity contribution in [3.05, 3.63) is 17.2 Å². The molecule has 0 saturated carbocycles. The lowest BCUT2D eigenvalue weighted by Gasteiger charge is -2.29. The smallest absolute Gasteiger partial charge is 0.230 e. The minimum Gasteiger partial charge on any atom is -0.379 e. The third kappa shape index (κ3) is 3.91. The van der Waals surface area contributed by atoms with E-state index in [1.54, 1.807) is 0 Å². The monoisotopic (exact) mass is 375 g/mol. The Morgan fingerprint density at radius 1 is 1.11 bits per heavy atom. The van der Waals surface area contributed by atoms with Crippen molar-refractivity contribution in [1.29, 1.82) is 0 Å². The standard InChI is InChI=1S/C20H33N5O2/c1-3-18-21-16(2)17(22-18)14-24-6-4-20(15-24)5-7-25(19(20)26)9-8-23-10-12-27-13-11-23/h3-15H2,1-2H3,(H,21,22). The summed E-state index contributed by atoms with van der Waals surface area (Å²) >= 11 is 0. The predicted octanol–water partition coefficient (Wildman–Crippen LogP) is 1.04. The molecule has 1 aromatic heterocycles. The maximum Gasteiger partial charge on any atom is 0.230 e. The maximum absolute atomic E-state index is 13.2. The van der Waals surface area contributed by atoms with Gasteiger partial charge in [0.15, 0.2) is 0 Å². The van der Waals surface area contributed by atoms with Crippen molar-refractivity contribution in [3.63, 3.8) is 0 Å². The lowest BCUT2D eigenvalue weighted by atomic mass is 9.85. The molecule has 1 amide bonds. The molecule has 3 aliphatic rings. The van der Waals surface area contributed by atoms with Crippen molar-refractivity contribution in [2.75, 3.05) is 59.0 Å². The molecule has 0 aliphatic carbocycles. The molecule has 4 heterocycles. The molecule has 3 saturated heterocycles. The number of aryl methyl sites for hydroxylation is 2. The average molecular weight is 376 g/mol. The van der Waals surface area contributed by atoms with Gasteiger partial charge in [-0.15, -0.1) is 0 Å². The summed E-state index contributed by atoms with van der Waals surface area (Å²) in [5, 5.41) is 0. The number of amides is 1. The number of likely N-dealkylation sites (tertiary alicyclic amines) is 2. The number of nitrogens with one attached hydrogen (secondary N) is 1. The number of carbonyl (C=O) groups is 1. The highest BCUT2D eigenvalue weighted by atomic mass is 16.5. The fourth-order valence-electron chi connectivity index (χ4n) is 4.76. The Morgan fingerprint density at radius 3 is 2.63 bits per heavy atom. The lowest BCUT2D eigenvalue weighted by Crippen LogP contribution is -2.43. The van der Waals surface area contributed by atoms with Crippen LogP contribution in [0, 0.1) is 12.3 Å². The van der Waals surface area contributed by atoms with Crippen molar-refractivity contribution in [1.82, 2.24) is 24.7 Å². The number of nitrogens with zero attached hydrogens (tertiary/aromatic N) is 4. The molecule has 27 heavy (non-hydrogen) atoms. The average Bonchev–Trinajstić information content (AvgIpc) is 3.35. The molecule has 1 unspecified atom stereocenters. The first kappa shape index (κ1) is 18.9. The highest BCUT2D eigenvalue weighted by molar-refractivity contribution is 5.85. The van der Waals surface area contributed by atoms with E-state index in [0.717, 1.165) is 102 Å². The Hall–Kier alpha value is -1.44. The van der Waals surface area contributed by atoms with Crippen LogP contribution in [0.5, 0.6) is 0 Å². The molecule has 3 aliphatic heterocycles. The van der Waals surface area contributed by atoms with Crippen molar-refractivity contribution in [2.24, 2.45) is 5.41 Å². The fourth-order valence-corrected chi connectivity index (χ4v) is 4.76. The van der Waals surface area contributed by atoms with Gasteiger partial charge in [0.1, 0.15) is 5.82 Å². The zero-order valence-corrected chi connectivity index (χ0v) is 16.8. The van der Waals surface area contributed by atoms with Crippen LogP contribution in [-0.2, 0) is 22.5 Å². The van der Waals surface area contributed by atoms with E-state index < -0.39 is 0 Å². The van der Waals surface area contributed by atoms with Gasteiger partial charge in [0.05, 0.1) is 24.3 Å². The molecular formula is C20H33N5O2. The van der Waals surface area contributed by atoms with Crippen LogP contribution in [0.3, 0.4) is 0 Å². The van der Waals surface area contributed by atoms with Gasteiger partial charge in [-0.25, -0.2) is 4.98 Å². The van der Waals surface area contributed by atoms with E-state index in [1.807, 2.05) is 0 Å². The maximum atomic E-state index is 13.2. The van der Waals surface area contributed by atoms with Crippen LogP contribution in [0.4, 0.5) is 0 Å². The van der Waals surface area contributed by atoms with Crippen LogP contribution in [0.15, 0.2) is 0 Å². The van der Waals surface area contributed by atoms with Gasteiger partial charge < -0.3 is 14.6 Å². The van der Waals surface area contributed by atoms with Gasteiger partial charge >= 0.3 is 0 Å². The largest absolute Gasteiger partial charge is 0.379 e. The Bertz CT molecular complexity index is 669. The van der Waals surface area contributed by atoms with Crippen LogP contribution in [0.2, 0.25) is 0 Å². The summed E-state index contributed by atoms with van der Waals surface area (Å²) in [4.78, 5) is 28.2. The summed E-state index contributed by atoms with van der Waals surface area (Å²) in [7, 11) is 0. The summed E-state index contributed by atoms with van der Waals surface area (Å²) < 4.78 is 5.41. The number of hydrogen-bond donors (Lipinski definition) is 1. The Morgan fingerprint density at radius 2 is 1.89 bits per heavy atom. The minimum absolute atomic E-state index is 0.150. The summed E-state index contributed by atoms with van der Waals surface area (Å²) in [5.74, 6) is 1.44. The molecule has 1 atom stereocenters. The van der Waals surface area contributed by atoms with E-state index >= 15 is 0 Å². The quantitative estimate of drug-likeness (QED) is 0.805. The molecule has 150 valence electrons. The van der Waals surface area contributed by atoms with Gasteiger partial charge in [0.2, 0.25) is 5.91 Å². The van der Waals surface area contributed by atoms with Crippen LogP contribution in [-0.4, -0.2) is 89.6 Å². The predicted molar refractivity (Wildman–Crippen MR) is 103 cm³/mol. The lowest BCUT2D eigenvalue weighted by molar-refractivity contribution is -0.135. The zero-order valence-electron chi connectivity index (χ0n) is 16.8. The molecule has 0 radical (unpaired) electrons. The zero-order chi connectivity index (χ0) is 18.9. The van der Waals surface area contributed by atoms with Crippen molar-refractivity contribution in [3.8, 4) is 0 Å². The van der Waals surface area contributed by atoms with Gasteiger partial charge in [-0.3, -0.25) is 14.6 Å². The first-order valence-corrected chi connectivity index (χ1v) is 10.5. The topological polar surface area (TPSA) is 64.7 Å². The number of rotatable bonds is 6. The van der Waals surface area contributed by atoms with E-state index in [0.29, 0.717) is 5.91 Å². The second-order valence-corrected chi connectivity index (χ2v) is 8.35. The first-order chi connectivity index (χ1) is 13.1. The fraction of sp³-hybridized carbons (Fsp3) is 0.800. The molecule has 7 heteroatoms. The van der Waals surface area contributed by atoms with E-state index in [1.165, 1.54) is 0 Å². The number of aromatic nitrogens is 2. The van der Waals surface area contributed by atoms with Crippen LogP contribution < -0.4 is 0 Å². The van der Waals surface area contributed by atoms with Crippen LogP contribution >= 0.6 is 0 Å². The normalized spacial score (nSPS) is 27.3. The summed E-state index contributed by atoms with van der Waals surface area (Å²) in [6.07, 6.45) is 2.93. The highest BCUT2D eigenvalue weighted by Crippen LogP contribution is 2.41. The summed E-state index contributed by atoms with van der Waals surface area (Å²) in [6, 6.07) is 0. The third-order valence-electron chi connectivity index (χ3n) is 6.57. The van der Waals surface area contributed by atoms with Gasteiger partial charge in [-0.1, -0.05) is 6.92 Å². The number of aromatic amines is 1. The number of morpholine rings is 1. The molecule has 7 nitrogen and oxygen atoms in total. The summed E-state index contributed by atoms with van der Waals surface area (Å²) in [5.41, 5.74) is 2.15. The van der Waals surface area contributed by atoms with E-state index in [4.69, 9.17) is 9.72 Å². The van der Waals surface area contributed by atoms with Gasteiger partial charge in [-0.05, 0) is 26.3 Å². The number of carbonyl (C=O) groups excluding carboxylic acids is 1. The van der Waals surface area contributed by atoms with Gasteiger partial charge in [0, 0.05) is 57.9 Å². The Labute approximate surface area is 162 Å². The Kier molecular flexibility index (Phi) is 5.53. The van der Waals surface area contributed by atoms with E-state index in [9.17, 15) is 4.79 Å². The molecule has 1 aromatic rings. The summed E-state index contributed by atoms with van der Waals surface area (Å²) in [6.45, 7) is 13.3. The van der Waals surface area contributed by atoms with Crippen LogP contribution in [0.25, 0.3) is 0 Å². The SMILES string of the molecule is CCc1nc(CN2CCC3(CCN(CCN4CCOCC4)C3=O)C2)c(C)[nH]1. The van der Waals surface area contributed by atoms with Crippen molar-refractivity contribution >= 4 is 5.91 Å². The molecular weight excluding hydrogens is 342 g/mol. The van der Waals surface area contributed by atoms with Gasteiger partial charge in [0.25, 0.3) is 0 Å².